The van der Waals surface area contributed by atoms with Crippen LogP contribution in [0.2, 0.25) is 0 Å². The number of phenols is 1. The first-order valence-corrected chi connectivity index (χ1v) is 6.29. The second-order valence-corrected chi connectivity index (χ2v) is 5.09. The van der Waals surface area contributed by atoms with E-state index in [-0.39, 0.29) is 24.7 Å². The molecule has 0 fully saturated rings. The molecule has 1 aromatic carbocycles. The quantitative estimate of drug-likeness (QED) is 0.811. The lowest BCUT2D eigenvalue weighted by molar-refractivity contribution is 0.0520. The molecule has 0 radical (unpaired) electrons. The van der Waals surface area contributed by atoms with Gasteiger partial charge in [0.15, 0.2) is 11.5 Å². The molecule has 1 aromatic rings. The average Bonchev–Trinajstić information content (AvgIpc) is 2.33. The summed E-state index contributed by atoms with van der Waals surface area (Å²) >= 11 is 0. The van der Waals surface area contributed by atoms with E-state index in [4.69, 9.17) is 14.2 Å². The van der Waals surface area contributed by atoms with Gasteiger partial charge in [0.25, 0.3) is 0 Å². The maximum atomic E-state index is 11.4. The van der Waals surface area contributed by atoms with E-state index in [0.717, 1.165) is 0 Å². The highest BCUT2D eigenvalue weighted by molar-refractivity contribution is 5.67. The highest BCUT2D eigenvalue weighted by Crippen LogP contribution is 2.35. The lowest BCUT2D eigenvalue weighted by Crippen LogP contribution is -2.34. The smallest absolute Gasteiger partial charge is 0.407 e. The van der Waals surface area contributed by atoms with Gasteiger partial charge in [0, 0.05) is 0 Å². The van der Waals surface area contributed by atoms with Gasteiger partial charge in [-0.1, -0.05) is 6.07 Å². The summed E-state index contributed by atoms with van der Waals surface area (Å²) in [5.74, 6) is 0.671. The zero-order valence-electron chi connectivity index (χ0n) is 12.2. The molecule has 0 aliphatic heterocycles. The lowest BCUT2D eigenvalue weighted by atomic mass is 10.2. The minimum absolute atomic E-state index is 0.0124. The average molecular weight is 283 g/mol. The predicted octanol–water partition coefficient (Wildman–Crippen LogP) is 2.30. The van der Waals surface area contributed by atoms with Crippen LogP contribution in [0.15, 0.2) is 18.2 Å². The number of methoxy groups -OCH3 is 1. The molecule has 0 aliphatic carbocycles. The molecule has 112 valence electrons. The normalized spacial score (nSPS) is 10.8. The van der Waals surface area contributed by atoms with Crippen molar-refractivity contribution in [3.8, 4) is 17.2 Å². The molecular formula is C14H21NO5. The van der Waals surface area contributed by atoms with E-state index >= 15 is 0 Å². The molecule has 6 heteroatoms. The van der Waals surface area contributed by atoms with Crippen LogP contribution in [0.25, 0.3) is 0 Å². The maximum absolute atomic E-state index is 11.4. The van der Waals surface area contributed by atoms with Crippen LogP contribution >= 0.6 is 0 Å². The number of rotatable bonds is 5. The molecule has 0 unspecified atom stereocenters. The van der Waals surface area contributed by atoms with Crippen molar-refractivity contribution < 1.29 is 24.1 Å². The Balaban J connectivity index is 2.40. The van der Waals surface area contributed by atoms with E-state index in [1.165, 1.54) is 13.2 Å². The van der Waals surface area contributed by atoms with Crippen LogP contribution < -0.4 is 14.8 Å². The molecule has 1 amide bonds. The van der Waals surface area contributed by atoms with Gasteiger partial charge in [-0.2, -0.15) is 0 Å². The van der Waals surface area contributed by atoms with Crippen LogP contribution in [-0.4, -0.2) is 37.1 Å². The third kappa shape index (κ3) is 5.26. The minimum Gasteiger partial charge on any atom is -0.504 e. The highest BCUT2D eigenvalue weighted by atomic mass is 16.6. The first-order chi connectivity index (χ1) is 9.33. The van der Waals surface area contributed by atoms with E-state index in [1.807, 2.05) is 0 Å². The van der Waals surface area contributed by atoms with Crippen molar-refractivity contribution in [1.29, 1.82) is 0 Å². The molecule has 0 atom stereocenters. The first kappa shape index (κ1) is 15.9. The van der Waals surface area contributed by atoms with Crippen molar-refractivity contribution in [2.75, 3.05) is 20.3 Å². The van der Waals surface area contributed by atoms with Crippen LogP contribution in [0.3, 0.4) is 0 Å². The van der Waals surface area contributed by atoms with Crippen LogP contribution in [0, 0.1) is 0 Å². The third-order valence-electron chi connectivity index (χ3n) is 2.19. The maximum Gasteiger partial charge on any atom is 0.407 e. The third-order valence-corrected chi connectivity index (χ3v) is 2.19. The van der Waals surface area contributed by atoms with Gasteiger partial charge in [0.2, 0.25) is 5.75 Å². The Morgan fingerprint density at radius 3 is 2.65 bits per heavy atom. The topological polar surface area (TPSA) is 77.0 Å². The number of carbonyl (C=O) groups excluding carboxylic acids is 1. The molecule has 0 saturated carbocycles. The second kappa shape index (κ2) is 6.88. The van der Waals surface area contributed by atoms with Crippen molar-refractivity contribution in [3.05, 3.63) is 18.2 Å². The SMILES string of the molecule is COc1cccc(O)c1OCCNC(=O)OC(C)(C)C. The number of hydrogen-bond donors (Lipinski definition) is 2. The number of ether oxygens (including phenoxy) is 3. The fourth-order valence-corrected chi connectivity index (χ4v) is 1.43. The van der Waals surface area contributed by atoms with Crippen molar-refractivity contribution in [3.63, 3.8) is 0 Å². The van der Waals surface area contributed by atoms with Gasteiger partial charge in [-0.25, -0.2) is 4.79 Å². The Morgan fingerprint density at radius 2 is 2.05 bits per heavy atom. The molecule has 0 bridgehead atoms. The number of amides is 1. The first-order valence-electron chi connectivity index (χ1n) is 6.29. The largest absolute Gasteiger partial charge is 0.504 e. The van der Waals surface area contributed by atoms with E-state index < -0.39 is 11.7 Å². The summed E-state index contributed by atoms with van der Waals surface area (Å²) in [6.07, 6.45) is -0.509. The molecule has 0 aliphatic rings. The molecule has 1 rings (SSSR count). The fraction of sp³-hybridized carbons (Fsp3) is 0.500. The molecule has 0 heterocycles. The van der Waals surface area contributed by atoms with E-state index in [0.29, 0.717) is 5.75 Å². The summed E-state index contributed by atoms with van der Waals surface area (Å²) in [7, 11) is 1.49. The number of carbonyl (C=O) groups is 1. The van der Waals surface area contributed by atoms with Crippen molar-refractivity contribution >= 4 is 6.09 Å². The number of alkyl carbamates (subject to hydrolysis) is 1. The Bertz CT molecular complexity index is 453. The van der Waals surface area contributed by atoms with E-state index in [9.17, 15) is 9.90 Å². The molecule has 0 aromatic heterocycles. The highest BCUT2D eigenvalue weighted by Gasteiger charge is 2.15. The van der Waals surface area contributed by atoms with Crippen LogP contribution in [0.4, 0.5) is 4.79 Å². The lowest BCUT2D eigenvalue weighted by Gasteiger charge is -2.19. The standard InChI is InChI=1S/C14H21NO5/c1-14(2,3)20-13(17)15-8-9-19-12-10(16)6-5-7-11(12)18-4/h5-7,16H,8-9H2,1-4H3,(H,15,17). The molecule has 6 nitrogen and oxygen atoms in total. The van der Waals surface area contributed by atoms with Crippen molar-refractivity contribution in [1.82, 2.24) is 5.32 Å². The minimum atomic E-state index is -0.536. The van der Waals surface area contributed by atoms with E-state index in [1.54, 1.807) is 32.9 Å². The Hall–Kier alpha value is -2.11. The van der Waals surface area contributed by atoms with Crippen molar-refractivity contribution in [2.24, 2.45) is 0 Å². The number of nitrogens with one attached hydrogen (secondary N) is 1. The van der Waals surface area contributed by atoms with Gasteiger partial charge in [-0.05, 0) is 32.9 Å². The summed E-state index contributed by atoms with van der Waals surface area (Å²) in [5.41, 5.74) is -0.536. The molecule has 0 spiro atoms. The Morgan fingerprint density at radius 1 is 1.35 bits per heavy atom. The summed E-state index contributed by atoms with van der Waals surface area (Å²) in [6, 6.07) is 4.83. The molecule has 20 heavy (non-hydrogen) atoms. The summed E-state index contributed by atoms with van der Waals surface area (Å²) in [4.78, 5) is 11.4. The molecule has 0 saturated heterocycles. The predicted molar refractivity (Wildman–Crippen MR) is 74.4 cm³/mol. The molecular weight excluding hydrogens is 262 g/mol. The number of benzene rings is 1. The number of aromatic hydroxyl groups is 1. The van der Waals surface area contributed by atoms with Gasteiger partial charge in [0.05, 0.1) is 13.7 Å². The Kier molecular flexibility index (Phi) is 5.49. The zero-order chi connectivity index (χ0) is 15.2. The van der Waals surface area contributed by atoms with Crippen molar-refractivity contribution in [2.45, 2.75) is 26.4 Å². The Labute approximate surface area is 118 Å². The van der Waals surface area contributed by atoms with Gasteiger partial charge in [-0.3, -0.25) is 0 Å². The number of para-hydroxylation sites is 1. The second-order valence-electron chi connectivity index (χ2n) is 5.09. The summed E-state index contributed by atoms with van der Waals surface area (Å²) < 4.78 is 15.5. The van der Waals surface area contributed by atoms with Gasteiger partial charge in [0.1, 0.15) is 12.2 Å². The summed E-state index contributed by atoms with van der Waals surface area (Å²) in [6.45, 7) is 5.81. The number of phenolic OH excluding ortho intramolecular Hbond substituents is 1. The van der Waals surface area contributed by atoms with Gasteiger partial charge in [-0.15, -0.1) is 0 Å². The molecule has 2 N–H and O–H groups in total. The zero-order valence-corrected chi connectivity index (χ0v) is 12.2. The van der Waals surface area contributed by atoms with Crippen LogP contribution in [0.5, 0.6) is 17.2 Å². The number of hydrogen-bond acceptors (Lipinski definition) is 5. The monoisotopic (exact) mass is 283 g/mol. The van der Waals surface area contributed by atoms with Crippen LogP contribution in [0.1, 0.15) is 20.8 Å². The van der Waals surface area contributed by atoms with E-state index in [2.05, 4.69) is 5.32 Å². The fourth-order valence-electron chi connectivity index (χ4n) is 1.43. The van der Waals surface area contributed by atoms with Gasteiger partial charge >= 0.3 is 6.09 Å². The van der Waals surface area contributed by atoms with Crippen LogP contribution in [-0.2, 0) is 4.74 Å². The van der Waals surface area contributed by atoms with Gasteiger partial charge < -0.3 is 24.6 Å². The summed E-state index contributed by atoms with van der Waals surface area (Å²) in [5, 5.41) is 12.2.